The van der Waals surface area contributed by atoms with Crippen LogP contribution in [0.15, 0.2) is 25.7 Å². The molecule has 11 heavy (non-hydrogen) atoms. The van der Waals surface area contributed by atoms with Gasteiger partial charge in [-0.05, 0) is 14.1 Å². The monoisotopic (exact) mass is 159 g/mol. The largest absolute Gasteiger partial charge is 0.474 e. The van der Waals surface area contributed by atoms with E-state index in [0.29, 0.717) is 0 Å². The first-order valence-electron chi connectivity index (χ1n) is 3.31. The molecule has 0 bridgehead atoms. The Labute approximate surface area is 68.6 Å². The Morgan fingerprint density at radius 2 is 1.82 bits per heavy atom. The van der Waals surface area contributed by atoms with Gasteiger partial charge in [0.25, 0.3) is 0 Å². The Hall–Kier alpha value is -0.800. The van der Waals surface area contributed by atoms with Gasteiger partial charge in [0.15, 0.2) is 0 Å². The first kappa shape index (κ1) is 12.8. The van der Waals surface area contributed by atoms with E-state index >= 15 is 0 Å². The van der Waals surface area contributed by atoms with Crippen molar-refractivity contribution < 1.29 is 9.84 Å². The Morgan fingerprint density at radius 3 is 1.82 bits per heavy atom. The lowest BCUT2D eigenvalue weighted by molar-refractivity contribution is 0.243. The molecule has 0 aromatic heterocycles. The molecule has 0 atom stereocenters. The second-order valence-electron chi connectivity index (χ2n) is 2.00. The molecule has 66 valence electrons. The molecule has 0 radical (unpaired) electrons. The Kier molecular flexibility index (Phi) is 13.9. The third kappa shape index (κ3) is 27.0. The zero-order chi connectivity index (χ0) is 9.11. The molecule has 0 amide bonds. The minimum absolute atomic E-state index is 0.257. The number of hydrogen-bond donors (Lipinski definition) is 1. The summed E-state index contributed by atoms with van der Waals surface area (Å²) < 4.78 is 4.36. The molecule has 0 spiro atoms. The standard InChI is InChI=1S/C4H11NO.C4H6O/c1-5(2)3-4-6;1-3-5-4-2/h6H,3-4H2,1-2H3;3-4H,1-2H2. The maximum absolute atomic E-state index is 8.20. The third-order valence-corrected chi connectivity index (χ3v) is 0.740. The minimum atomic E-state index is 0.257. The molecule has 0 aliphatic heterocycles. The van der Waals surface area contributed by atoms with Crippen molar-refractivity contribution >= 4 is 0 Å². The van der Waals surface area contributed by atoms with Crippen LogP contribution in [0.3, 0.4) is 0 Å². The zero-order valence-corrected chi connectivity index (χ0v) is 7.29. The molecule has 0 aromatic carbocycles. The number of aliphatic hydroxyl groups excluding tert-OH is 1. The van der Waals surface area contributed by atoms with Crippen molar-refractivity contribution in [3.8, 4) is 0 Å². The summed E-state index contributed by atoms with van der Waals surface area (Å²) in [5.74, 6) is 0. The summed E-state index contributed by atoms with van der Waals surface area (Å²) in [5.41, 5.74) is 0. The predicted octanol–water partition coefficient (Wildman–Crippen LogP) is 0.830. The lowest BCUT2D eigenvalue weighted by Crippen LogP contribution is -2.15. The van der Waals surface area contributed by atoms with Crippen molar-refractivity contribution in [2.24, 2.45) is 0 Å². The zero-order valence-electron chi connectivity index (χ0n) is 7.29. The number of aliphatic hydroxyl groups is 1. The molecule has 0 fully saturated rings. The van der Waals surface area contributed by atoms with Gasteiger partial charge in [0.05, 0.1) is 19.1 Å². The molecule has 3 heteroatoms. The number of hydrogen-bond acceptors (Lipinski definition) is 3. The Morgan fingerprint density at radius 1 is 1.36 bits per heavy atom. The lowest BCUT2D eigenvalue weighted by Gasteiger charge is -2.03. The summed E-state index contributed by atoms with van der Waals surface area (Å²) in [6, 6.07) is 0. The SMILES string of the molecule is C=COC=C.CN(C)CCO. The summed E-state index contributed by atoms with van der Waals surface area (Å²) in [7, 11) is 3.85. The van der Waals surface area contributed by atoms with Crippen molar-refractivity contribution in [1.82, 2.24) is 4.90 Å². The van der Waals surface area contributed by atoms with Gasteiger partial charge in [0.2, 0.25) is 0 Å². The molecule has 0 aliphatic carbocycles. The number of ether oxygens (including phenoxy) is 1. The molecule has 0 aliphatic rings. The highest BCUT2D eigenvalue weighted by atomic mass is 16.5. The van der Waals surface area contributed by atoms with Gasteiger partial charge in [0, 0.05) is 6.54 Å². The smallest absolute Gasteiger partial charge is 0.0829 e. The van der Waals surface area contributed by atoms with Gasteiger partial charge in [0.1, 0.15) is 0 Å². The first-order valence-corrected chi connectivity index (χ1v) is 3.31. The first-order chi connectivity index (χ1) is 5.18. The van der Waals surface area contributed by atoms with Crippen molar-refractivity contribution in [3.63, 3.8) is 0 Å². The van der Waals surface area contributed by atoms with Crippen molar-refractivity contribution in [2.75, 3.05) is 27.2 Å². The Balaban J connectivity index is 0. The van der Waals surface area contributed by atoms with Gasteiger partial charge < -0.3 is 14.7 Å². The van der Waals surface area contributed by atoms with Gasteiger partial charge in [-0.15, -0.1) is 0 Å². The molecule has 0 rings (SSSR count). The summed E-state index contributed by atoms with van der Waals surface area (Å²) in [6.07, 6.45) is 2.62. The van der Waals surface area contributed by atoms with Crippen LogP contribution in [-0.4, -0.2) is 37.3 Å². The second kappa shape index (κ2) is 11.9. The topological polar surface area (TPSA) is 32.7 Å². The Bertz CT molecular complexity index is 86.1. The molecule has 3 nitrogen and oxygen atoms in total. The average Bonchev–Trinajstić information content (AvgIpc) is 1.90. The van der Waals surface area contributed by atoms with Crippen molar-refractivity contribution in [3.05, 3.63) is 25.7 Å². The van der Waals surface area contributed by atoms with Crippen LogP contribution in [-0.2, 0) is 4.74 Å². The molecule has 0 heterocycles. The number of likely N-dealkylation sites (N-methyl/N-ethyl adjacent to an activating group) is 1. The normalized spacial score (nSPS) is 8.00. The fourth-order valence-corrected chi connectivity index (χ4v) is 0.268. The van der Waals surface area contributed by atoms with Crippen LogP contribution >= 0.6 is 0 Å². The van der Waals surface area contributed by atoms with E-state index in [2.05, 4.69) is 17.9 Å². The molecule has 0 aromatic rings. The van der Waals surface area contributed by atoms with Crippen LogP contribution in [0.5, 0.6) is 0 Å². The molecule has 0 saturated heterocycles. The highest BCUT2D eigenvalue weighted by molar-refractivity contribution is 4.57. The van der Waals surface area contributed by atoms with Crippen molar-refractivity contribution in [1.29, 1.82) is 0 Å². The lowest BCUT2D eigenvalue weighted by atomic mass is 10.6. The predicted molar refractivity (Wildman–Crippen MR) is 47.1 cm³/mol. The highest BCUT2D eigenvalue weighted by Gasteiger charge is 1.80. The second-order valence-corrected chi connectivity index (χ2v) is 2.00. The van der Waals surface area contributed by atoms with Crippen LogP contribution in [0, 0.1) is 0 Å². The van der Waals surface area contributed by atoms with Crippen molar-refractivity contribution in [2.45, 2.75) is 0 Å². The van der Waals surface area contributed by atoms with E-state index in [9.17, 15) is 0 Å². The van der Waals surface area contributed by atoms with Gasteiger partial charge >= 0.3 is 0 Å². The fraction of sp³-hybridized carbons (Fsp3) is 0.500. The number of rotatable bonds is 4. The minimum Gasteiger partial charge on any atom is -0.474 e. The summed E-state index contributed by atoms with van der Waals surface area (Å²) in [4.78, 5) is 1.93. The average molecular weight is 159 g/mol. The number of nitrogens with zero attached hydrogens (tertiary/aromatic N) is 1. The summed E-state index contributed by atoms with van der Waals surface area (Å²) >= 11 is 0. The van der Waals surface area contributed by atoms with Gasteiger partial charge in [-0.3, -0.25) is 0 Å². The van der Waals surface area contributed by atoms with E-state index < -0.39 is 0 Å². The van der Waals surface area contributed by atoms with E-state index in [-0.39, 0.29) is 6.61 Å². The summed E-state index contributed by atoms with van der Waals surface area (Å²) in [6.45, 7) is 7.53. The van der Waals surface area contributed by atoms with Gasteiger partial charge in [-0.25, -0.2) is 0 Å². The highest BCUT2D eigenvalue weighted by Crippen LogP contribution is 1.66. The molecule has 0 unspecified atom stereocenters. The molecular weight excluding hydrogens is 142 g/mol. The summed E-state index contributed by atoms with van der Waals surface area (Å²) in [5, 5.41) is 8.20. The van der Waals surface area contributed by atoms with E-state index in [4.69, 9.17) is 5.11 Å². The van der Waals surface area contributed by atoms with E-state index in [1.807, 2.05) is 19.0 Å². The van der Waals surface area contributed by atoms with Crippen LogP contribution in [0.4, 0.5) is 0 Å². The van der Waals surface area contributed by atoms with E-state index in [1.54, 1.807) is 0 Å². The van der Waals surface area contributed by atoms with Gasteiger partial charge in [-0.2, -0.15) is 0 Å². The van der Waals surface area contributed by atoms with E-state index in [1.165, 1.54) is 12.5 Å². The third-order valence-electron chi connectivity index (χ3n) is 0.740. The van der Waals surface area contributed by atoms with Crippen LogP contribution in [0.25, 0.3) is 0 Å². The van der Waals surface area contributed by atoms with Crippen LogP contribution in [0.2, 0.25) is 0 Å². The maximum atomic E-state index is 8.20. The van der Waals surface area contributed by atoms with Crippen LogP contribution < -0.4 is 0 Å². The molecular formula is C8H17NO2. The fourth-order valence-electron chi connectivity index (χ4n) is 0.268. The quantitative estimate of drug-likeness (QED) is 0.617. The van der Waals surface area contributed by atoms with E-state index in [0.717, 1.165) is 6.54 Å². The maximum Gasteiger partial charge on any atom is 0.0829 e. The molecule has 0 saturated carbocycles. The molecule has 1 N–H and O–H groups in total. The van der Waals surface area contributed by atoms with Crippen LogP contribution in [0.1, 0.15) is 0 Å². The van der Waals surface area contributed by atoms with Gasteiger partial charge in [-0.1, -0.05) is 13.2 Å².